The summed E-state index contributed by atoms with van der Waals surface area (Å²) in [6.07, 6.45) is 4.64. The third kappa shape index (κ3) is 3.48. The summed E-state index contributed by atoms with van der Waals surface area (Å²) in [6, 6.07) is 0.360. The first-order chi connectivity index (χ1) is 7.58. The number of carbonyl (C=O) groups excluding carboxylic acids is 1. The Morgan fingerprint density at radius 1 is 1.50 bits per heavy atom. The molecule has 0 bridgehead atoms. The van der Waals surface area contributed by atoms with Gasteiger partial charge in [0.25, 0.3) is 0 Å². The highest BCUT2D eigenvalue weighted by atomic mass is 16.5. The van der Waals surface area contributed by atoms with Gasteiger partial charge in [-0.1, -0.05) is 27.2 Å². The van der Waals surface area contributed by atoms with Gasteiger partial charge in [-0.2, -0.15) is 0 Å². The standard InChI is InChI=1S/C13H25NO2/c1-5-10(3)12(13(15)16-4)14-11-7-6-9(2)8-11/h9-12,14H,5-8H2,1-4H3. The van der Waals surface area contributed by atoms with Gasteiger partial charge in [0.1, 0.15) is 6.04 Å². The highest BCUT2D eigenvalue weighted by molar-refractivity contribution is 5.76. The van der Waals surface area contributed by atoms with Crippen LogP contribution in [0.25, 0.3) is 0 Å². The Bertz CT molecular complexity index is 230. The van der Waals surface area contributed by atoms with E-state index in [9.17, 15) is 4.79 Å². The fourth-order valence-electron chi connectivity index (χ4n) is 2.44. The first-order valence-electron chi connectivity index (χ1n) is 6.42. The van der Waals surface area contributed by atoms with Gasteiger partial charge < -0.3 is 10.1 Å². The molecule has 1 N–H and O–H groups in total. The van der Waals surface area contributed by atoms with Crippen LogP contribution in [-0.2, 0) is 9.53 Å². The summed E-state index contributed by atoms with van der Waals surface area (Å²) >= 11 is 0. The molecule has 3 heteroatoms. The van der Waals surface area contributed by atoms with Crippen LogP contribution in [0.5, 0.6) is 0 Å². The molecule has 4 atom stereocenters. The lowest BCUT2D eigenvalue weighted by molar-refractivity contribution is -0.144. The minimum atomic E-state index is -0.134. The number of esters is 1. The molecule has 0 aromatic carbocycles. The molecule has 1 aliphatic carbocycles. The van der Waals surface area contributed by atoms with Gasteiger partial charge in [-0.15, -0.1) is 0 Å². The van der Waals surface area contributed by atoms with E-state index in [1.807, 2.05) is 0 Å². The van der Waals surface area contributed by atoms with Crippen LogP contribution in [0, 0.1) is 11.8 Å². The van der Waals surface area contributed by atoms with E-state index in [1.54, 1.807) is 0 Å². The summed E-state index contributed by atoms with van der Waals surface area (Å²) < 4.78 is 4.87. The Morgan fingerprint density at radius 2 is 2.19 bits per heavy atom. The molecular formula is C13H25NO2. The molecule has 16 heavy (non-hydrogen) atoms. The van der Waals surface area contributed by atoms with Crippen LogP contribution in [0.4, 0.5) is 0 Å². The predicted octanol–water partition coefficient (Wildman–Crippen LogP) is 2.35. The van der Waals surface area contributed by atoms with Crippen LogP contribution in [0.1, 0.15) is 46.5 Å². The molecule has 1 aliphatic rings. The van der Waals surface area contributed by atoms with Gasteiger partial charge in [0.15, 0.2) is 0 Å². The van der Waals surface area contributed by atoms with E-state index in [2.05, 4.69) is 26.1 Å². The van der Waals surface area contributed by atoms with Crippen molar-refractivity contribution in [3.8, 4) is 0 Å². The second kappa shape index (κ2) is 6.24. The topological polar surface area (TPSA) is 38.3 Å². The molecule has 0 saturated heterocycles. The summed E-state index contributed by atoms with van der Waals surface area (Å²) in [4.78, 5) is 11.7. The van der Waals surface area contributed by atoms with E-state index in [0.29, 0.717) is 12.0 Å². The summed E-state index contributed by atoms with van der Waals surface area (Å²) in [5.41, 5.74) is 0. The zero-order chi connectivity index (χ0) is 12.1. The molecule has 0 spiro atoms. The number of ether oxygens (including phenoxy) is 1. The molecule has 1 rings (SSSR count). The smallest absolute Gasteiger partial charge is 0.323 e. The number of carbonyl (C=O) groups is 1. The maximum Gasteiger partial charge on any atom is 0.323 e. The van der Waals surface area contributed by atoms with Crippen molar-refractivity contribution in [2.45, 2.75) is 58.5 Å². The van der Waals surface area contributed by atoms with Crippen LogP contribution in [0.3, 0.4) is 0 Å². The Hall–Kier alpha value is -0.570. The summed E-state index contributed by atoms with van der Waals surface area (Å²) in [7, 11) is 1.47. The lowest BCUT2D eigenvalue weighted by atomic mass is 9.98. The predicted molar refractivity (Wildman–Crippen MR) is 65.2 cm³/mol. The maximum absolute atomic E-state index is 11.7. The monoisotopic (exact) mass is 227 g/mol. The van der Waals surface area contributed by atoms with Crippen LogP contribution >= 0.6 is 0 Å². The quantitative estimate of drug-likeness (QED) is 0.733. The molecule has 0 radical (unpaired) electrons. The van der Waals surface area contributed by atoms with Crippen molar-refractivity contribution in [2.24, 2.45) is 11.8 Å². The molecule has 0 amide bonds. The molecule has 0 aromatic heterocycles. The van der Waals surface area contributed by atoms with Gasteiger partial charge in [0, 0.05) is 6.04 Å². The maximum atomic E-state index is 11.7. The van der Waals surface area contributed by atoms with E-state index in [1.165, 1.54) is 26.4 Å². The molecule has 1 fully saturated rings. The highest BCUT2D eigenvalue weighted by Crippen LogP contribution is 2.26. The number of nitrogens with one attached hydrogen (secondary N) is 1. The lowest BCUT2D eigenvalue weighted by Crippen LogP contribution is -2.46. The summed E-state index contributed by atoms with van der Waals surface area (Å²) in [5, 5.41) is 3.47. The first-order valence-corrected chi connectivity index (χ1v) is 6.42. The van der Waals surface area contributed by atoms with Gasteiger partial charge in [-0.25, -0.2) is 0 Å². The molecule has 94 valence electrons. The third-order valence-electron chi connectivity index (χ3n) is 3.78. The average Bonchev–Trinajstić information content (AvgIpc) is 2.69. The van der Waals surface area contributed by atoms with Crippen molar-refractivity contribution in [1.82, 2.24) is 5.32 Å². The first kappa shape index (κ1) is 13.5. The molecular weight excluding hydrogens is 202 g/mol. The molecule has 1 saturated carbocycles. The van der Waals surface area contributed by atoms with Gasteiger partial charge in [-0.05, 0) is 31.1 Å². The van der Waals surface area contributed by atoms with Gasteiger partial charge in [0.2, 0.25) is 0 Å². The Balaban J connectivity index is 2.53. The summed E-state index contributed by atoms with van der Waals surface area (Å²) in [5.74, 6) is 1.00. The van der Waals surface area contributed by atoms with Crippen molar-refractivity contribution in [3.63, 3.8) is 0 Å². The normalized spacial score (nSPS) is 28.8. The van der Waals surface area contributed by atoms with Gasteiger partial charge in [0.05, 0.1) is 7.11 Å². The average molecular weight is 227 g/mol. The minimum Gasteiger partial charge on any atom is -0.468 e. The van der Waals surface area contributed by atoms with Crippen LogP contribution in [-0.4, -0.2) is 25.2 Å². The van der Waals surface area contributed by atoms with Crippen molar-refractivity contribution in [2.75, 3.05) is 7.11 Å². The van der Waals surface area contributed by atoms with E-state index >= 15 is 0 Å². The molecule has 0 aliphatic heterocycles. The van der Waals surface area contributed by atoms with Crippen LogP contribution in [0.15, 0.2) is 0 Å². The number of hydrogen-bond donors (Lipinski definition) is 1. The van der Waals surface area contributed by atoms with Crippen molar-refractivity contribution < 1.29 is 9.53 Å². The van der Waals surface area contributed by atoms with E-state index in [0.717, 1.165) is 12.3 Å². The molecule has 4 unspecified atom stereocenters. The molecule has 3 nitrogen and oxygen atoms in total. The Kier molecular flexibility index (Phi) is 5.26. The second-order valence-corrected chi connectivity index (χ2v) is 5.17. The highest BCUT2D eigenvalue weighted by Gasteiger charge is 2.30. The van der Waals surface area contributed by atoms with Crippen LogP contribution in [0.2, 0.25) is 0 Å². The Labute approximate surface area is 98.9 Å². The molecule has 0 aromatic rings. The van der Waals surface area contributed by atoms with Gasteiger partial charge >= 0.3 is 5.97 Å². The zero-order valence-electron chi connectivity index (χ0n) is 11.0. The SMILES string of the molecule is CCC(C)C(NC1CCC(C)C1)C(=O)OC. The zero-order valence-corrected chi connectivity index (χ0v) is 11.0. The minimum absolute atomic E-state index is 0.117. The van der Waals surface area contributed by atoms with Gasteiger partial charge in [-0.3, -0.25) is 4.79 Å². The van der Waals surface area contributed by atoms with Crippen molar-refractivity contribution in [1.29, 1.82) is 0 Å². The fraction of sp³-hybridized carbons (Fsp3) is 0.923. The summed E-state index contributed by atoms with van der Waals surface area (Å²) in [6.45, 7) is 6.49. The van der Waals surface area contributed by atoms with E-state index < -0.39 is 0 Å². The van der Waals surface area contributed by atoms with Crippen LogP contribution < -0.4 is 5.32 Å². The second-order valence-electron chi connectivity index (χ2n) is 5.17. The fourth-order valence-corrected chi connectivity index (χ4v) is 2.44. The molecule has 0 heterocycles. The van der Waals surface area contributed by atoms with Crippen molar-refractivity contribution in [3.05, 3.63) is 0 Å². The lowest BCUT2D eigenvalue weighted by Gasteiger charge is -2.25. The third-order valence-corrected chi connectivity index (χ3v) is 3.78. The van der Waals surface area contributed by atoms with E-state index in [4.69, 9.17) is 4.74 Å². The number of hydrogen-bond acceptors (Lipinski definition) is 3. The van der Waals surface area contributed by atoms with Crippen molar-refractivity contribution >= 4 is 5.97 Å². The largest absolute Gasteiger partial charge is 0.468 e. The number of methoxy groups -OCH3 is 1. The van der Waals surface area contributed by atoms with E-state index in [-0.39, 0.29) is 12.0 Å². The number of rotatable bonds is 5. The Morgan fingerprint density at radius 3 is 2.62 bits per heavy atom.